The minimum absolute atomic E-state index is 0.0870. The third kappa shape index (κ3) is 4.08. The molecule has 2 rings (SSSR count). The summed E-state index contributed by atoms with van der Waals surface area (Å²) >= 11 is 0. The summed E-state index contributed by atoms with van der Waals surface area (Å²) in [5.74, 6) is -0.0872. The lowest BCUT2D eigenvalue weighted by Crippen LogP contribution is -2.29. The Bertz CT molecular complexity index is 551. The summed E-state index contributed by atoms with van der Waals surface area (Å²) in [5.41, 5.74) is 6.50. The fraction of sp³-hybridized carbons (Fsp3) is 0.400. The zero-order valence-electron chi connectivity index (χ0n) is 11.5. The number of hydrogen-bond donors (Lipinski definition) is 2. The summed E-state index contributed by atoms with van der Waals surface area (Å²) < 4.78 is 7.26. The summed E-state index contributed by atoms with van der Waals surface area (Å²) in [4.78, 5) is 11.4. The molecule has 0 atom stereocenters. The van der Waals surface area contributed by atoms with Gasteiger partial charge < -0.3 is 20.4 Å². The number of nitrogens with two attached hydrogens (primary N) is 1. The van der Waals surface area contributed by atoms with Crippen molar-refractivity contribution < 1.29 is 9.53 Å². The average Bonchev–Trinajstić information content (AvgIpc) is 2.87. The largest absolute Gasteiger partial charge is 0.370 e. The van der Waals surface area contributed by atoms with Gasteiger partial charge in [-0.15, -0.1) is 0 Å². The maximum atomic E-state index is 11.4. The molecule has 0 spiro atoms. The Balaban J connectivity index is 1.70. The standard InChI is InChI=1S/C15H21N3O2/c16-7-11-20-12-15(19)17-8-3-9-18-10-6-13-4-1-2-5-14(13)18/h1-2,4-6,10H,3,7-9,11-12,16H2,(H,17,19). The molecule has 1 amide bonds. The predicted molar refractivity (Wildman–Crippen MR) is 79.4 cm³/mol. The van der Waals surface area contributed by atoms with Crippen molar-refractivity contribution in [3.05, 3.63) is 36.5 Å². The Morgan fingerprint density at radius 2 is 2.15 bits per heavy atom. The van der Waals surface area contributed by atoms with Gasteiger partial charge in [0.05, 0.1) is 6.61 Å². The van der Waals surface area contributed by atoms with E-state index >= 15 is 0 Å². The van der Waals surface area contributed by atoms with Gasteiger partial charge in [-0.2, -0.15) is 0 Å². The number of hydrogen-bond acceptors (Lipinski definition) is 3. The van der Waals surface area contributed by atoms with Gasteiger partial charge in [0.2, 0.25) is 5.91 Å². The molecule has 1 aromatic heterocycles. The number of rotatable bonds is 8. The van der Waals surface area contributed by atoms with Gasteiger partial charge >= 0.3 is 0 Å². The normalized spacial score (nSPS) is 10.8. The van der Waals surface area contributed by atoms with Gasteiger partial charge in [0.15, 0.2) is 0 Å². The van der Waals surface area contributed by atoms with Crippen LogP contribution in [0.4, 0.5) is 0 Å². The number of nitrogens with zero attached hydrogens (tertiary/aromatic N) is 1. The fourth-order valence-electron chi connectivity index (χ4n) is 2.11. The lowest BCUT2D eigenvalue weighted by Gasteiger charge is -2.07. The van der Waals surface area contributed by atoms with Crippen LogP contribution in [0.5, 0.6) is 0 Å². The van der Waals surface area contributed by atoms with Crippen molar-refractivity contribution in [2.75, 3.05) is 26.3 Å². The van der Waals surface area contributed by atoms with E-state index in [0.717, 1.165) is 13.0 Å². The first-order valence-corrected chi connectivity index (χ1v) is 6.89. The van der Waals surface area contributed by atoms with E-state index in [2.05, 4.69) is 34.3 Å². The van der Waals surface area contributed by atoms with Gasteiger partial charge in [-0.3, -0.25) is 4.79 Å². The lowest BCUT2D eigenvalue weighted by molar-refractivity contribution is -0.125. The van der Waals surface area contributed by atoms with Gasteiger partial charge in [-0.1, -0.05) is 18.2 Å². The van der Waals surface area contributed by atoms with Crippen LogP contribution in [-0.4, -0.2) is 36.8 Å². The molecule has 1 heterocycles. The third-order valence-corrected chi connectivity index (χ3v) is 3.07. The minimum Gasteiger partial charge on any atom is -0.370 e. The molecule has 0 saturated heterocycles. The maximum absolute atomic E-state index is 11.4. The summed E-state index contributed by atoms with van der Waals surface area (Å²) in [6.07, 6.45) is 2.97. The molecule has 0 unspecified atom stereocenters. The number of fused-ring (bicyclic) bond motifs is 1. The first kappa shape index (κ1) is 14.6. The van der Waals surface area contributed by atoms with E-state index in [0.29, 0.717) is 19.7 Å². The number of benzene rings is 1. The van der Waals surface area contributed by atoms with Gasteiger partial charge in [-0.25, -0.2) is 0 Å². The molecule has 0 aliphatic heterocycles. The first-order valence-electron chi connectivity index (χ1n) is 6.89. The van der Waals surface area contributed by atoms with Gasteiger partial charge in [0.25, 0.3) is 0 Å². The Labute approximate surface area is 118 Å². The smallest absolute Gasteiger partial charge is 0.245 e. The van der Waals surface area contributed by atoms with Crippen molar-refractivity contribution >= 4 is 16.8 Å². The quantitative estimate of drug-likeness (QED) is 0.709. The van der Waals surface area contributed by atoms with Gasteiger partial charge in [-0.05, 0) is 23.9 Å². The summed E-state index contributed by atoms with van der Waals surface area (Å²) in [7, 11) is 0. The first-order chi connectivity index (χ1) is 9.81. The third-order valence-electron chi connectivity index (χ3n) is 3.07. The number of carbonyl (C=O) groups excluding carboxylic acids is 1. The molecule has 5 heteroatoms. The van der Waals surface area contributed by atoms with E-state index in [-0.39, 0.29) is 12.5 Å². The highest BCUT2D eigenvalue weighted by Crippen LogP contribution is 2.14. The second kappa shape index (κ2) is 7.67. The van der Waals surface area contributed by atoms with E-state index in [9.17, 15) is 4.79 Å². The SMILES string of the molecule is NCCOCC(=O)NCCCn1ccc2ccccc21. The van der Waals surface area contributed by atoms with Crippen molar-refractivity contribution in [1.29, 1.82) is 0 Å². The van der Waals surface area contributed by atoms with E-state index < -0.39 is 0 Å². The molecule has 0 bridgehead atoms. The van der Waals surface area contributed by atoms with Crippen LogP contribution in [-0.2, 0) is 16.1 Å². The summed E-state index contributed by atoms with van der Waals surface area (Å²) in [5, 5.41) is 4.08. The molecule has 0 radical (unpaired) electrons. The van der Waals surface area contributed by atoms with Crippen LogP contribution in [0.3, 0.4) is 0 Å². The van der Waals surface area contributed by atoms with E-state index in [1.165, 1.54) is 10.9 Å². The van der Waals surface area contributed by atoms with E-state index in [1.54, 1.807) is 0 Å². The molecule has 20 heavy (non-hydrogen) atoms. The fourth-order valence-corrected chi connectivity index (χ4v) is 2.11. The van der Waals surface area contributed by atoms with Crippen LogP contribution < -0.4 is 11.1 Å². The second-order valence-electron chi connectivity index (χ2n) is 4.61. The molecule has 0 aliphatic rings. The number of carbonyl (C=O) groups is 1. The number of amides is 1. The van der Waals surface area contributed by atoms with Crippen LogP contribution in [0.15, 0.2) is 36.5 Å². The molecule has 0 aliphatic carbocycles. The summed E-state index contributed by atoms with van der Waals surface area (Å²) in [6.45, 7) is 2.48. The van der Waals surface area contributed by atoms with Crippen molar-refractivity contribution in [3.63, 3.8) is 0 Å². The van der Waals surface area contributed by atoms with E-state index in [1.807, 2.05) is 12.1 Å². The number of para-hydroxylation sites is 1. The monoisotopic (exact) mass is 275 g/mol. The highest BCUT2D eigenvalue weighted by atomic mass is 16.5. The Morgan fingerprint density at radius 3 is 3.00 bits per heavy atom. The second-order valence-corrected chi connectivity index (χ2v) is 4.61. The molecule has 0 fully saturated rings. The minimum atomic E-state index is -0.0872. The Kier molecular flexibility index (Phi) is 5.58. The van der Waals surface area contributed by atoms with Crippen LogP contribution in [0.1, 0.15) is 6.42 Å². The molecule has 108 valence electrons. The van der Waals surface area contributed by atoms with Gasteiger partial charge in [0, 0.05) is 31.3 Å². The number of aryl methyl sites for hydroxylation is 1. The molecule has 2 aromatic rings. The van der Waals surface area contributed by atoms with Crippen LogP contribution >= 0.6 is 0 Å². The molecule has 5 nitrogen and oxygen atoms in total. The maximum Gasteiger partial charge on any atom is 0.245 e. The van der Waals surface area contributed by atoms with Crippen LogP contribution in [0, 0.1) is 0 Å². The Morgan fingerprint density at radius 1 is 1.30 bits per heavy atom. The van der Waals surface area contributed by atoms with Crippen molar-refractivity contribution in [3.8, 4) is 0 Å². The number of nitrogens with one attached hydrogen (secondary N) is 1. The van der Waals surface area contributed by atoms with Crippen molar-refractivity contribution in [2.45, 2.75) is 13.0 Å². The van der Waals surface area contributed by atoms with Crippen molar-refractivity contribution in [1.82, 2.24) is 9.88 Å². The predicted octanol–water partition coefficient (Wildman–Crippen LogP) is 1.12. The molecule has 1 aromatic carbocycles. The zero-order valence-corrected chi connectivity index (χ0v) is 11.5. The Hall–Kier alpha value is -1.85. The highest BCUT2D eigenvalue weighted by Gasteiger charge is 2.02. The highest BCUT2D eigenvalue weighted by molar-refractivity contribution is 5.79. The topological polar surface area (TPSA) is 69.3 Å². The van der Waals surface area contributed by atoms with Crippen LogP contribution in [0.25, 0.3) is 10.9 Å². The average molecular weight is 275 g/mol. The van der Waals surface area contributed by atoms with Crippen LogP contribution in [0.2, 0.25) is 0 Å². The number of ether oxygens (including phenoxy) is 1. The van der Waals surface area contributed by atoms with Crippen molar-refractivity contribution in [2.24, 2.45) is 5.73 Å². The molecule has 3 N–H and O–H groups in total. The number of aromatic nitrogens is 1. The molecular weight excluding hydrogens is 254 g/mol. The van der Waals surface area contributed by atoms with Gasteiger partial charge in [0.1, 0.15) is 6.61 Å². The lowest BCUT2D eigenvalue weighted by atomic mass is 10.2. The zero-order chi connectivity index (χ0) is 14.2. The molecule has 0 saturated carbocycles. The molecular formula is C15H21N3O2. The van der Waals surface area contributed by atoms with E-state index in [4.69, 9.17) is 10.5 Å². The summed E-state index contributed by atoms with van der Waals surface area (Å²) in [6, 6.07) is 10.4.